The molecule has 2 rings (SSSR count). The predicted octanol–water partition coefficient (Wildman–Crippen LogP) is 1.10. The van der Waals surface area contributed by atoms with Crippen LogP contribution in [0.25, 0.3) is 0 Å². The Bertz CT molecular complexity index is 349. The Balaban J connectivity index is 1.91. The average Bonchev–Trinajstić information content (AvgIpc) is 3.24. The van der Waals surface area contributed by atoms with Crippen LogP contribution in [-0.2, 0) is 4.79 Å². The summed E-state index contributed by atoms with van der Waals surface area (Å²) < 4.78 is 0. The van der Waals surface area contributed by atoms with E-state index in [-0.39, 0.29) is 0 Å². The van der Waals surface area contributed by atoms with Gasteiger partial charge in [-0.15, -0.1) is 0 Å². The Kier molecular flexibility index (Phi) is 5.63. The van der Waals surface area contributed by atoms with E-state index >= 15 is 0 Å². The molecule has 1 unspecified atom stereocenters. The van der Waals surface area contributed by atoms with Crippen molar-refractivity contribution >= 4 is 5.97 Å². The van der Waals surface area contributed by atoms with Crippen LogP contribution >= 0.6 is 0 Å². The fourth-order valence-corrected chi connectivity index (χ4v) is 3.74. The first-order chi connectivity index (χ1) is 9.98. The topological polar surface area (TPSA) is 55.8 Å². The van der Waals surface area contributed by atoms with Crippen molar-refractivity contribution in [2.45, 2.75) is 38.1 Å². The van der Waals surface area contributed by atoms with Crippen LogP contribution in [0.2, 0.25) is 0 Å². The molecule has 0 aromatic carbocycles. The normalized spacial score (nSPS) is 24.2. The zero-order valence-electron chi connectivity index (χ0n) is 13.8. The van der Waals surface area contributed by atoms with E-state index < -0.39 is 11.5 Å². The van der Waals surface area contributed by atoms with Gasteiger partial charge in [0.15, 0.2) is 0 Å². The molecule has 21 heavy (non-hydrogen) atoms. The van der Waals surface area contributed by atoms with E-state index in [2.05, 4.69) is 29.2 Å². The summed E-state index contributed by atoms with van der Waals surface area (Å²) in [6.45, 7) is 6.60. The molecule has 0 spiro atoms. The van der Waals surface area contributed by atoms with Gasteiger partial charge < -0.3 is 20.2 Å². The SMILES string of the molecule is CCNC(CN1CCC(CN(C)C)CC1)(C(=O)O)C1CC1. The lowest BCUT2D eigenvalue weighted by molar-refractivity contribution is -0.147. The van der Waals surface area contributed by atoms with Crippen molar-refractivity contribution in [3.63, 3.8) is 0 Å². The number of hydrogen-bond acceptors (Lipinski definition) is 4. The fourth-order valence-electron chi connectivity index (χ4n) is 3.74. The molecule has 2 aliphatic rings. The summed E-state index contributed by atoms with van der Waals surface area (Å²) in [7, 11) is 4.25. The third kappa shape index (κ3) is 4.18. The highest BCUT2D eigenvalue weighted by molar-refractivity contribution is 5.80. The Labute approximate surface area is 128 Å². The number of nitrogens with zero attached hydrogens (tertiary/aromatic N) is 2. The van der Waals surface area contributed by atoms with Crippen molar-refractivity contribution in [3.05, 3.63) is 0 Å². The zero-order valence-corrected chi connectivity index (χ0v) is 13.8. The van der Waals surface area contributed by atoms with Gasteiger partial charge in [-0.1, -0.05) is 6.92 Å². The largest absolute Gasteiger partial charge is 0.480 e. The lowest BCUT2D eigenvalue weighted by Gasteiger charge is -2.39. The molecule has 1 aliphatic heterocycles. The van der Waals surface area contributed by atoms with Crippen LogP contribution in [0.1, 0.15) is 32.6 Å². The van der Waals surface area contributed by atoms with Gasteiger partial charge in [0, 0.05) is 13.1 Å². The molecule has 1 heterocycles. The number of likely N-dealkylation sites (N-methyl/N-ethyl adjacent to an activating group) is 1. The molecule has 2 fully saturated rings. The van der Waals surface area contributed by atoms with E-state index in [1.165, 1.54) is 12.8 Å². The van der Waals surface area contributed by atoms with Crippen LogP contribution in [0.4, 0.5) is 0 Å². The van der Waals surface area contributed by atoms with Gasteiger partial charge in [-0.2, -0.15) is 0 Å². The summed E-state index contributed by atoms with van der Waals surface area (Å²) in [5, 5.41) is 13.1. The summed E-state index contributed by atoms with van der Waals surface area (Å²) in [5.41, 5.74) is -0.719. The van der Waals surface area contributed by atoms with Crippen LogP contribution in [0.5, 0.6) is 0 Å². The summed E-state index contributed by atoms with van der Waals surface area (Å²) >= 11 is 0. The molecule has 5 nitrogen and oxygen atoms in total. The van der Waals surface area contributed by atoms with Gasteiger partial charge in [0.25, 0.3) is 0 Å². The Morgan fingerprint density at radius 1 is 1.29 bits per heavy atom. The molecule has 1 saturated carbocycles. The summed E-state index contributed by atoms with van der Waals surface area (Å²) in [4.78, 5) is 16.5. The second-order valence-corrected chi connectivity index (χ2v) is 7.06. The minimum atomic E-state index is -0.719. The maximum atomic E-state index is 11.9. The minimum absolute atomic E-state index is 0.314. The van der Waals surface area contributed by atoms with Crippen molar-refractivity contribution in [1.29, 1.82) is 0 Å². The van der Waals surface area contributed by atoms with Gasteiger partial charge in [0.05, 0.1) is 0 Å². The maximum Gasteiger partial charge on any atom is 0.325 e. The standard InChI is InChI=1S/C16H31N3O2/c1-4-17-16(15(20)21,14-5-6-14)12-19-9-7-13(8-10-19)11-18(2)3/h13-14,17H,4-12H2,1-3H3,(H,20,21). The van der Waals surface area contributed by atoms with Crippen molar-refractivity contribution in [1.82, 2.24) is 15.1 Å². The number of carboxylic acid groups (broad SMARTS) is 1. The first-order valence-corrected chi connectivity index (χ1v) is 8.33. The smallest absolute Gasteiger partial charge is 0.325 e. The summed E-state index contributed by atoms with van der Waals surface area (Å²) in [6.07, 6.45) is 4.47. The third-order valence-electron chi connectivity index (χ3n) is 4.95. The average molecular weight is 297 g/mol. The van der Waals surface area contributed by atoms with Crippen molar-refractivity contribution in [3.8, 4) is 0 Å². The number of hydrogen-bond donors (Lipinski definition) is 2. The Morgan fingerprint density at radius 3 is 2.33 bits per heavy atom. The lowest BCUT2D eigenvalue weighted by Crippen LogP contribution is -2.61. The molecule has 1 saturated heterocycles. The van der Waals surface area contributed by atoms with E-state index in [1.807, 2.05) is 6.92 Å². The summed E-state index contributed by atoms with van der Waals surface area (Å²) in [5.74, 6) is 0.409. The molecule has 1 atom stereocenters. The van der Waals surface area contributed by atoms with E-state index in [4.69, 9.17) is 0 Å². The highest BCUT2D eigenvalue weighted by Gasteiger charge is 2.51. The lowest BCUT2D eigenvalue weighted by atomic mass is 9.89. The second-order valence-electron chi connectivity index (χ2n) is 7.06. The number of carbonyl (C=O) groups is 1. The fraction of sp³-hybridized carbons (Fsp3) is 0.938. The molecule has 1 aliphatic carbocycles. The van der Waals surface area contributed by atoms with Gasteiger partial charge in [-0.3, -0.25) is 4.79 Å². The monoisotopic (exact) mass is 297 g/mol. The number of aliphatic carboxylic acids is 1. The predicted molar refractivity (Wildman–Crippen MR) is 84.5 cm³/mol. The van der Waals surface area contributed by atoms with Gasteiger partial charge in [-0.05, 0) is 71.2 Å². The number of nitrogens with one attached hydrogen (secondary N) is 1. The quantitative estimate of drug-likeness (QED) is 0.703. The first kappa shape index (κ1) is 16.7. The number of likely N-dealkylation sites (tertiary alicyclic amines) is 1. The molecule has 0 amide bonds. The van der Waals surface area contributed by atoms with Gasteiger partial charge >= 0.3 is 5.97 Å². The molecule has 0 aromatic rings. The third-order valence-corrected chi connectivity index (χ3v) is 4.95. The molecule has 2 N–H and O–H groups in total. The molecule has 122 valence electrons. The number of rotatable bonds is 8. The Morgan fingerprint density at radius 2 is 1.90 bits per heavy atom. The highest BCUT2D eigenvalue weighted by Crippen LogP contribution is 2.41. The molecular formula is C16H31N3O2. The molecule has 0 bridgehead atoms. The first-order valence-electron chi connectivity index (χ1n) is 8.33. The van der Waals surface area contributed by atoms with E-state index in [9.17, 15) is 9.90 Å². The van der Waals surface area contributed by atoms with Crippen molar-refractivity contribution in [2.75, 3.05) is 46.8 Å². The minimum Gasteiger partial charge on any atom is -0.480 e. The van der Waals surface area contributed by atoms with E-state index in [0.717, 1.165) is 44.9 Å². The molecular weight excluding hydrogens is 266 g/mol. The van der Waals surface area contributed by atoms with Gasteiger partial charge in [-0.25, -0.2) is 0 Å². The van der Waals surface area contributed by atoms with Gasteiger partial charge in [0.1, 0.15) is 5.54 Å². The second kappa shape index (κ2) is 7.07. The van der Waals surface area contributed by atoms with Crippen LogP contribution in [0, 0.1) is 11.8 Å². The highest BCUT2D eigenvalue weighted by atomic mass is 16.4. The number of piperidine rings is 1. The van der Waals surface area contributed by atoms with E-state index in [1.54, 1.807) is 0 Å². The Hall–Kier alpha value is -0.650. The van der Waals surface area contributed by atoms with E-state index in [0.29, 0.717) is 12.5 Å². The van der Waals surface area contributed by atoms with Crippen molar-refractivity contribution in [2.24, 2.45) is 11.8 Å². The van der Waals surface area contributed by atoms with Crippen LogP contribution in [0.3, 0.4) is 0 Å². The zero-order chi connectivity index (χ0) is 15.5. The van der Waals surface area contributed by atoms with Crippen LogP contribution in [-0.4, -0.2) is 73.2 Å². The molecule has 5 heteroatoms. The molecule has 0 aromatic heterocycles. The summed E-state index contributed by atoms with van der Waals surface area (Å²) in [6, 6.07) is 0. The van der Waals surface area contributed by atoms with Crippen molar-refractivity contribution < 1.29 is 9.90 Å². The number of carboxylic acids is 1. The maximum absolute atomic E-state index is 11.9. The van der Waals surface area contributed by atoms with Crippen LogP contribution in [0.15, 0.2) is 0 Å². The molecule has 0 radical (unpaired) electrons. The van der Waals surface area contributed by atoms with Gasteiger partial charge in [0.2, 0.25) is 0 Å². The van der Waals surface area contributed by atoms with Crippen LogP contribution < -0.4 is 5.32 Å².